The monoisotopic (exact) mass is 530 g/mol. The molecule has 1 aliphatic heterocycles. The van der Waals surface area contributed by atoms with Crippen LogP contribution in [-0.2, 0) is 4.79 Å². The maximum absolute atomic E-state index is 15.5. The summed E-state index contributed by atoms with van der Waals surface area (Å²) >= 11 is 7.98. The van der Waals surface area contributed by atoms with Gasteiger partial charge in [-0.25, -0.2) is 4.39 Å². The van der Waals surface area contributed by atoms with Crippen molar-refractivity contribution in [2.75, 3.05) is 32.5 Å². The van der Waals surface area contributed by atoms with E-state index in [1.165, 1.54) is 0 Å². The Morgan fingerprint density at radius 3 is 2.89 bits per heavy atom. The zero-order chi connectivity index (χ0) is 25.5. The van der Waals surface area contributed by atoms with Crippen molar-refractivity contribution >= 4 is 40.2 Å². The number of alkyl halides is 1. The van der Waals surface area contributed by atoms with Crippen LogP contribution in [0.5, 0.6) is 5.75 Å². The zero-order valence-corrected chi connectivity index (χ0v) is 22.0. The van der Waals surface area contributed by atoms with Gasteiger partial charge in [-0.2, -0.15) is 0 Å². The van der Waals surface area contributed by atoms with Crippen molar-refractivity contribution in [1.82, 2.24) is 9.88 Å². The lowest BCUT2D eigenvalue weighted by Gasteiger charge is -2.38. The Kier molecular flexibility index (Phi) is 9.46. The van der Waals surface area contributed by atoms with E-state index < -0.39 is 12.1 Å². The second-order valence-corrected chi connectivity index (χ2v) is 10.9. The number of carbonyl (C=O) groups is 1. The highest BCUT2D eigenvalue weighted by Gasteiger charge is 2.31. The van der Waals surface area contributed by atoms with Crippen LogP contribution in [0.4, 0.5) is 4.39 Å². The number of nitrogens with zero attached hydrogens (tertiary/aromatic N) is 2. The Bertz CT molecular complexity index is 1180. The molecule has 0 radical (unpaired) electrons. The number of pyridine rings is 1. The third-order valence-electron chi connectivity index (χ3n) is 7.02. The number of carboxylic acids is 1. The standard InChI is InChI=1S/C28H32ClFN2O3S/c1-35-21-7-9-26-23(17-21)22(10-12-31-26)25(30)8-6-19-11-13-32(18-20(19)16-28(33)34)14-15-36-27-5-3-2-4-24(27)29/h2-5,7,9-10,12,17,19-20,25H,6,8,11,13-16,18H2,1H3,(H,33,34)/t19-,20+,25+/m1/s1. The fourth-order valence-corrected chi connectivity index (χ4v) is 6.35. The molecule has 2 aromatic carbocycles. The molecule has 2 heterocycles. The third kappa shape index (κ3) is 6.90. The second kappa shape index (κ2) is 12.7. The summed E-state index contributed by atoms with van der Waals surface area (Å²) in [5.41, 5.74) is 1.35. The van der Waals surface area contributed by atoms with Gasteiger partial charge in [0.25, 0.3) is 0 Å². The van der Waals surface area contributed by atoms with Crippen molar-refractivity contribution in [2.24, 2.45) is 11.8 Å². The van der Waals surface area contributed by atoms with Gasteiger partial charge >= 0.3 is 5.97 Å². The summed E-state index contributed by atoms with van der Waals surface area (Å²) in [5, 5.41) is 11.0. The molecule has 36 heavy (non-hydrogen) atoms. The predicted octanol–water partition coefficient (Wildman–Crippen LogP) is 6.89. The van der Waals surface area contributed by atoms with Gasteiger partial charge in [-0.05, 0) is 79.6 Å². The zero-order valence-electron chi connectivity index (χ0n) is 20.4. The number of piperidine rings is 1. The molecule has 0 saturated carbocycles. The van der Waals surface area contributed by atoms with Crippen LogP contribution in [0, 0.1) is 11.8 Å². The number of hydrogen-bond donors (Lipinski definition) is 1. The molecule has 1 aliphatic rings. The largest absolute Gasteiger partial charge is 0.497 e. The molecule has 192 valence electrons. The van der Waals surface area contributed by atoms with Gasteiger partial charge in [-0.15, -0.1) is 11.8 Å². The molecule has 0 aliphatic carbocycles. The number of likely N-dealkylation sites (tertiary alicyclic amines) is 1. The number of ether oxygens (including phenoxy) is 1. The normalized spacial score (nSPS) is 19.3. The van der Waals surface area contributed by atoms with Crippen LogP contribution in [0.2, 0.25) is 5.02 Å². The number of thioether (sulfide) groups is 1. The SMILES string of the molecule is COc1ccc2nccc([C@@H](F)CC[C@@H]3CCN(CCSc4ccccc4Cl)C[C@@H]3CC(=O)O)c2c1. The average Bonchev–Trinajstić information content (AvgIpc) is 2.88. The molecule has 0 unspecified atom stereocenters. The first-order valence-electron chi connectivity index (χ1n) is 12.3. The van der Waals surface area contributed by atoms with Gasteiger partial charge in [0.1, 0.15) is 11.9 Å². The fraction of sp³-hybridized carbons (Fsp3) is 0.429. The number of benzene rings is 2. The van der Waals surface area contributed by atoms with Crippen molar-refractivity contribution in [1.29, 1.82) is 0 Å². The highest BCUT2D eigenvalue weighted by molar-refractivity contribution is 7.99. The minimum absolute atomic E-state index is 0.0167. The van der Waals surface area contributed by atoms with E-state index in [9.17, 15) is 9.90 Å². The molecule has 1 saturated heterocycles. The smallest absolute Gasteiger partial charge is 0.303 e. The number of aliphatic carboxylic acids is 1. The van der Waals surface area contributed by atoms with Crippen LogP contribution >= 0.6 is 23.4 Å². The van der Waals surface area contributed by atoms with Gasteiger partial charge < -0.3 is 14.7 Å². The summed E-state index contributed by atoms with van der Waals surface area (Å²) in [6, 6.07) is 15.0. The molecule has 0 amide bonds. The van der Waals surface area contributed by atoms with Crippen molar-refractivity contribution in [3.63, 3.8) is 0 Å². The molecule has 3 atom stereocenters. The number of carboxylic acid groups (broad SMARTS) is 1. The molecule has 1 aromatic heterocycles. The Morgan fingerprint density at radius 1 is 1.28 bits per heavy atom. The molecule has 3 aromatic rings. The maximum Gasteiger partial charge on any atom is 0.303 e. The summed E-state index contributed by atoms with van der Waals surface area (Å²) in [6.45, 7) is 2.50. The lowest BCUT2D eigenvalue weighted by atomic mass is 9.79. The van der Waals surface area contributed by atoms with Gasteiger partial charge in [0, 0.05) is 41.7 Å². The molecule has 1 fully saturated rings. The van der Waals surface area contributed by atoms with E-state index >= 15 is 4.39 Å². The van der Waals surface area contributed by atoms with Gasteiger partial charge in [0.05, 0.1) is 17.6 Å². The Hall–Kier alpha value is -2.35. The Morgan fingerprint density at radius 2 is 2.11 bits per heavy atom. The quantitative estimate of drug-likeness (QED) is 0.272. The number of halogens is 2. The van der Waals surface area contributed by atoms with Crippen molar-refractivity contribution in [3.05, 3.63) is 65.3 Å². The van der Waals surface area contributed by atoms with Crippen LogP contribution in [0.25, 0.3) is 10.9 Å². The Balaban J connectivity index is 1.35. The fourth-order valence-electron chi connectivity index (χ4n) is 5.10. The summed E-state index contributed by atoms with van der Waals surface area (Å²) in [4.78, 5) is 19.3. The molecule has 1 N–H and O–H groups in total. The van der Waals surface area contributed by atoms with Crippen molar-refractivity contribution in [2.45, 2.75) is 36.8 Å². The van der Waals surface area contributed by atoms with E-state index in [1.807, 2.05) is 42.5 Å². The number of hydrogen-bond acceptors (Lipinski definition) is 5. The number of fused-ring (bicyclic) bond motifs is 1. The van der Waals surface area contributed by atoms with Crippen LogP contribution < -0.4 is 4.74 Å². The van der Waals surface area contributed by atoms with Gasteiger partial charge in [-0.3, -0.25) is 9.78 Å². The maximum atomic E-state index is 15.5. The van der Waals surface area contributed by atoms with Gasteiger partial charge in [-0.1, -0.05) is 23.7 Å². The molecule has 0 spiro atoms. The minimum Gasteiger partial charge on any atom is -0.497 e. The first kappa shape index (κ1) is 26.7. The first-order valence-corrected chi connectivity index (χ1v) is 13.7. The van der Waals surface area contributed by atoms with E-state index in [1.54, 1.807) is 31.1 Å². The summed E-state index contributed by atoms with van der Waals surface area (Å²) < 4.78 is 20.8. The van der Waals surface area contributed by atoms with E-state index in [4.69, 9.17) is 16.3 Å². The predicted molar refractivity (Wildman–Crippen MR) is 144 cm³/mol. The summed E-state index contributed by atoms with van der Waals surface area (Å²) in [6.07, 6.45) is 2.52. The molecule has 4 rings (SSSR count). The van der Waals surface area contributed by atoms with E-state index in [2.05, 4.69) is 9.88 Å². The van der Waals surface area contributed by atoms with E-state index in [0.717, 1.165) is 52.6 Å². The van der Waals surface area contributed by atoms with Crippen molar-refractivity contribution in [3.8, 4) is 5.75 Å². The van der Waals surface area contributed by atoms with Gasteiger partial charge in [0.15, 0.2) is 0 Å². The lowest BCUT2D eigenvalue weighted by molar-refractivity contribution is -0.139. The van der Waals surface area contributed by atoms with E-state index in [0.29, 0.717) is 24.2 Å². The van der Waals surface area contributed by atoms with Crippen molar-refractivity contribution < 1.29 is 19.0 Å². The number of methoxy groups -OCH3 is 1. The van der Waals surface area contributed by atoms with E-state index in [-0.39, 0.29) is 18.3 Å². The molecule has 0 bridgehead atoms. The highest BCUT2D eigenvalue weighted by Crippen LogP contribution is 2.36. The average molecular weight is 531 g/mol. The highest BCUT2D eigenvalue weighted by atomic mass is 35.5. The van der Waals surface area contributed by atoms with Crippen LogP contribution in [0.3, 0.4) is 0 Å². The topological polar surface area (TPSA) is 62.7 Å². The number of aromatic nitrogens is 1. The van der Waals surface area contributed by atoms with Gasteiger partial charge in [0.2, 0.25) is 0 Å². The summed E-state index contributed by atoms with van der Waals surface area (Å²) in [5.74, 6) is 0.976. The summed E-state index contributed by atoms with van der Waals surface area (Å²) in [7, 11) is 1.59. The second-order valence-electron chi connectivity index (χ2n) is 9.31. The van der Waals surface area contributed by atoms with Crippen LogP contribution in [0.1, 0.15) is 37.4 Å². The lowest BCUT2D eigenvalue weighted by Crippen LogP contribution is -2.42. The molecular weight excluding hydrogens is 499 g/mol. The first-order chi connectivity index (χ1) is 17.4. The van der Waals surface area contributed by atoms with Crippen LogP contribution in [-0.4, -0.2) is 53.5 Å². The molecule has 5 nitrogen and oxygen atoms in total. The number of rotatable bonds is 11. The molecule has 8 heteroatoms. The van der Waals surface area contributed by atoms with Crippen LogP contribution in [0.15, 0.2) is 59.6 Å². The Labute approximate surface area is 221 Å². The third-order valence-corrected chi connectivity index (χ3v) is 8.52. The molecular formula is C28H32ClFN2O3S. The minimum atomic E-state index is -1.14.